The van der Waals surface area contributed by atoms with Crippen molar-refractivity contribution < 1.29 is 18.3 Å². The van der Waals surface area contributed by atoms with Crippen molar-refractivity contribution in [3.63, 3.8) is 0 Å². The maximum Gasteiger partial charge on any atom is 0.417 e. The first-order valence-corrected chi connectivity index (χ1v) is 9.51. The summed E-state index contributed by atoms with van der Waals surface area (Å²) >= 11 is 0. The summed E-state index contributed by atoms with van der Waals surface area (Å²) in [4.78, 5) is 10.6. The van der Waals surface area contributed by atoms with Crippen LogP contribution in [0.4, 0.5) is 36.3 Å². The van der Waals surface area contributed by atoms with Crippen LogP contribution in [0.25, 0.3) is 0 Å². The summed E-state index contributed by atoms with van der Waals surface area (Å²) in [5.41, 5.74) is 0.167. The fourth-order valence-corrected chi connectivity index (χ4v) is 3.76. The molecule has 2 aromatic rings. The van der Waals surface area contributed by atoms with E-state index in [-0.39, 0.29) is 18.5 Å². The van der Waals surface area contributed by atoms with E-state index in [0.29, 0.717) is 23.7 Å². The second-order valence-electron chi connectivity index (χ2n) is 7.53. The number of fused-ring (bicyclic) bond motifs is 2. The van der Waals surface area contributed by atoms with Gasteiger partial charge >= 0.3 is 6.18 Å². The third-order valence-electron chi connectivity index (χ3n) is 5.21. The van der Waals surface area contributed by atoms with Crippen LogP contribution >= 0.6 is 0 Å². The number of nitrogens with one attached hydrogen (secondary N) is 3. The van der Waals surface area contributed by atoms with E-state index in [1.807, 2.05) is 19.1 Å². The zero-order chi connectivity index (χ0) is 20.6. The molecule has 4 N–H and O–H groups in total. The van der Waals surface area contributed by atoms with Gasteiger partial charge in [-0.05, 0) is 25.5 Å². The standard InChI is InChI=1S/C19H23F3N6O/c1-11(10-29)25-17-5-14(28-9-13-4-15(28)8-23-13)6-18(27-17)26-16-3-2-12(7-24-16)19(20,21)22/h2-3,5-7,11,13,15,23,29H,4,8-10H2,1H3,(H2,24,25,26,27)/t11-,13?,15?/m0/s1. The Kier molecular flexibility index (Phi) is 5.22. The Labute approximate surface area is 166 Å². The van der Waals surface area contributed by atoms with Gasteiger partial charge in [-0.25, -0.2) is 9.97 Å². The predicted molar refractivity (Wildman–Crippen MR) is 104 cm³/mol. The Bertz CT molecular complexity index is 860. The molecule has 2 aromatic heterocycles. The van der Waals surface area contributed by atoms with Crippen molar-refractivity contribution >= 4 is 23.1 Å². The molecule has 0 aromatic carbocycles. The number of piperazine rings is 1. The lowest BCUT2D eigenvalue weighted by Crippen LogP contribution is -2.43. The van der Waals surface area contributed by atoms with Gasteiger partial charge in [-0.1, -0.05) is 0 Å². The van der Waals surface area contributed by atoms with Crippen molar-refractivity contribution in [3.8, 4) is 0 Å². The molecule has 0 amide bonds. The molecule has 2 aliphatic heterocycles. The molecule has 4 rings (SSSR count). The predicted octanol–water partition coefficient (Wildman–Crippen LogP) is 2.58. The molecule has 2 aliphatic rings. The zero-order valence-electron chi connectivity index (χ0n) is 15.9. The van der Waals surface area contributed by atoms with E-state index >= 15 is 0 Å². The zero-order valence-corrected chi connectivity index (χ0v) is 15.9. The third kappa shape index (κ3) is 4.38. The van der Waals surface area contributed by atoms with Crippen molar-refractivity contribution in [2.45, 2.75) is 37.6 Å². The topological polar surface area (TPSA) is 85.3 Å². The van der Waals surface area contributed by atoms with E-state index in [2.05, 4.69) is 30.8 Å². The average molecular weight is 408 g/mol. The van der Waals surface area contributed by atoms with Gasteiger partial charge < -0.3 is 26.0 Å². The van der Waals surface area contributed by atoms with E-state index in [9.17, 15) is 18.3 Å². The largest absolute Gasteiger partial charge is 0.417 e. The van der Waals surface area contributed by atoms with Crippen LogP contribution in [0.15, 0.2) is 30.5 Å². The van der Waals surface area contributed by atoms with Crippen LogP contribution in [-0.4, -0.2) is 52.9 Å². The van der Waals surface area contributed by atoms with Crippen LogP contribution in [0, 0.1) is 0 Å². The van der Waals surface area contributed by atoms with Gasteiger partial charge in [-0.3, -0.25) is 0 Å². The number of hydrogen-bond donors (Lipinski definition) is 4. The van der Waals surface area contributed by atoms with Crippen molar-refractivity contribution in [1.82, 2.24) is 15.3 Å². The number of hydrogen-bond acceptors (Lipinski definition) is 7. The van der Waals surface area contributed by atoms with Crippen molar-refractivity contribution in [2.24, 2.45) is 0 Å². The minimum absolute atomic E-state index is 0.0482. The van der Waals surface area contributed by atoms with Gasteiger partial charge in [-0.15, -0.1) is 0 Å². The molecule has 2 fully saturated rings. The molecule has 0 aliphatic carbocycles. The first-order chi connectivity index (χ1) is 13.8. The Morgan fingerprint density at radius 3 is 2.66 bits per heavy atom. The minimum atomic E-state index is -4.43. The molecule has 2 unspecified atom stereocenters. The van der Waals surface area contributed by atoms with Crippen LogP contribution in [0.2, 0.25) is 0 Å². The molecule has 0 radical (unpaired) electrons. The molecule has 7 nitrogen and oxygen atoms in total. The number of anilines is 4. The third-order valence-corrected chi connectivity index (χ3v) is 5.21. The molecular formula is C19H23F3N6O. The van der Waals surface area contributed by atoms with Gasteiger partial charge in [0.2, 0.25) is 0 Å². The lowest BCUT2D eigenvalue weighted by Gasteiger charge is -2.30. The molecular weight excluding hydrogens is 385 g/mol. The molecule has 2 bridgehead atoms. The second-order valence-corrected chi connectivity index (χ2v) is 7.53. The van der Waals surface area contributed by atoms with Gasteiger partial charge in [0.15, 0.2) is 0 Å². The number of halogens is 3. The van der Waals surface area contributed by atoms with E-state index in [1.54, 1.807) is 0 Å². The summed E-state index contributed by atoms with van der Waals surface area (Å²) in [5.74, 6) is 1.32. The van der Waals surface area contributed by atoms with Crippen molar-refractivity contribution in [1.29, 1.82) is 0 Å². The second kappa shape index (κ2) is 7.68. The molecule has 0 spiro atoms. The summed E-state index contributed by atoms with van der Waals surface area (Å²) in [6.45, 7) is 3.60. The first kappa shape index (κ1) is 19.7. The number of pyridine rings is 2. The fraction of sp³-hybridized carbons (Fsp3) is 0.474. The number of aliphatic hydroxyl groups excluding tert-OH is 1. The summed E-state index contributed by atoms with van der Waals surface area (Å²) in [5, 5.41) is 18.9. The van der Waals surface area contributed by atoms with E-state index in [1.165, 1.54) is 6.07 Å². The Morgan fingerprint density at radius 1 is 1.28 bits per heavy atom. The van der Waals surface area contributed by atoms with Gasteiger partial charge in [-0.2, -0.15) is 13.2 Å². The lowest BCUT2D eigenvalue weighted by atomic mass is 10.2. The maximum atomic E-state index is 12.7. The van der Waals surface area contributed by atoms with Crippen molar-refractivity contribution in [2.75, 3.05) is 35.2 Å². The summed E-state index contributed by atoms with van der Waals surface area (Å²) in [6, 6.07) is 6.75. The summed E-state index contributed by atoms with van der Waals surface area (Å²) in [7, 11) is 0. The van der Waals surface area contributed by atoms with Crippen LogP contribution in [0.1, 0.15) is 18.9 Å². The lowest BCUT2D eigenvalue weighted by molar-refractivity contribution is -0.137. The SMILES string of the molecule is C[C@@H](CO)Nc1cc(N2CC3CC2CN3)cc(Nc2ccc(C(F)(F)F)cn2)n1. The quantitative estimate of drug-likeness (QED) is 0.585. The first-order valence-electron chi connectivity index (χ1n) is 9.51. The number of alkyl halides is 3. The Balaban J connectivity index is 1.59. The van der Waals surface area contributed by atoms with Gasteiger partial charge in [0.05, 0.1) is 12.2 Å². The Hall–Kier alpha value is -2.59. The van der Waals surface area contributed by atoms with Crippen LogP contribution < -0.4 is 20.9 Å². The van der Waals surface area contributed by atoms with Gasteiger partial charge in [0.1, 0.15) is 17.5 Å². The molecule has 156 valence electrons. The Morgan fingerprint density at radius 2 is 2.07 bits per heavy atom. The smallest absolute Gasteiger partial charge is 0.394 e. The molecule has 29 heavy (non-hydrogen) atoms. The highest BCUT2D eigenvalue weighted by Gasteiger charge is 2.38. The number of aromatic nitrogens is 2. The molecule has 10 heteroatoms. The molecule has 2 saturated heterocycles. The highest BCUT2D eigenvalue weighted by atomic mass is 19.4. The summed E-state index contributed by atoms with van der Waals surface area (Å²) < 4.78 is 38.2. The van der Waals surface area contributed by atoms with Crippen molar-refractivity contribution in [3.05, 3.63) is 36.0 Å². The highest BCUT2D eigenvalue weighted by molar-refractivity contribution is 5.66. The number of aliphatic hydroxyl groups is 1. The fourth-order valence-electron chi connectivity index (χ4n) is 3.76. The molecule has 3 atom stereocenters. The van der Waals surface area contributed by atoms with Crippen LogP contribution in [0.5, 0.6) is 0 Å². The normalized spacial score (nSPS) is 22.0. The average Bonchev–Trinajstić information content (AvgIpc) is 3.31. The number of nitrogens with zero attached hydrogens (tertiary/aromatic N) is 3. The van der Waals surface area contributed by atoms with E-state index in [4.69, 9.17) is 0 Å². The molecule has 4 heterocycles. The molecule has 0 saturated carbocycles. The summed E-state index contributed by atoms with van der Waals surface area (Å²) in [6.07, 6.45) is -2.55. The van der Waals surface area contributed by atoms with E-state index in [0.717, 1.165) is 37.5 Å². The monoisotopic (exact) mass is 408 g/mol. The highest BCUT2D eigenvalue weighted by Crippen LogP contribution is 2.33. The van der Waals surface area contributed by atoms with Gasteiger partial charge in [0.25, 0.3) is 0 Å². The van der Waals surface area contributed by atoms with E-state index < -0.39 is 11.7 Å². The van der Waals surface area contributed by atoms with Gasteiger partial charge in [0, 0.05) is 55.2 Å². The van der Waals surface area contributed by atoms with Crippen LogP contribution in [-0.2, 0) is 6.18 Å². The number of rotatable bonds is 6. The minimum Gasteiger partial charge on any atom is -0.394 e. The van der Waals surface area contributed by atoms with Crippen LogP contribution in [0.3, 0.4) is 0 Å². The maximum absolute atomic E-state index is 12.7.